The van der Waals surface area contributed by atoms with E-state index in [4.69, 9.17) is 11.6 Å². The minimum Gasteiger partial charge on any atom is -0.383 e. The van der Waals surface area contributed by atoms with Crippen molar-refractivity contribution in [2.24, 2.45) is 5.84 Å². The number of rotatable bonds is 6. The van der Waals surface area contributed by atoms with Gasteiger partial charge in [-0.2, -0.15) is 5.10 Å². The molecule has 1 aromatic carbocycles. The van der Waals surface area contributed by atoms with Crippen molar-refractivity contribution in [1.82, 2.24) is 30.2 Å². The van der Waals surface area contributed by atoms with E-state index < -0.39 is 28.9 Å². The maximum Gasteiger partial charge on any atom is 0.254 e. The molecule has 0 aliphatic carbocycles. The van der Waals surface area contributed by atoms with Gasteiger partial charge in [0, 0.05) is 5.56 Å². The van der Waals surface area contributed by atoms with E-state index in [1.165, 1.54) is 22.9 Å². The second-order valence-electron chi connectivity index (χ2n) is 8.10. The van der Waals surface area contributed by atoms with Crippen LogP contribution >= 0.6 is 0 Å². The summed E-state index contributed by atoms with van der Waals surface area (Å²) in [6.45, 7) is 3.61. The van der Waals surface area contributed by atoms with Crippen molar-refractivity contribution in [3.8, 4) is 11.5 Å². The maximum atomic E-state index is 14.3. The van der Waals surface area contributed by atoms with E-state index >= 15 is 0 Å². The molecule has 11 nitrogen and oxygen atoms in total. The van der Waals surface area contributed by atoms with Crippen LogP contribution < -0.4 is 22.3 Å². The molecule has 5 rings (SSSR count). The highest BCUT2D eigenvalue weighted by Gasteiger charge is 2.54. The Morgan fingerprint density at radius 3 is 2.78 bits per heavy atom. The summed E-state index contributed by atoms with van der Waals surface area (Å²) in [5.41, 5.74) is 7.13. The minimum absolute atomic E-state index is 0.00190. The van der Waals surface area contributed by atoms with Crippen LogP contribution in [0.1, 0.15) is 17.5 Å². The van der Waals surface area contributed by atoms with Gasteiger partial charge in [-0.05, 0) is 18.6 Å². The summed E-state index contributed by atoms with van der Waals surface area (Å²) in [6, 6.07) is 7.34. The van der Waals surface area contributed by atoms with Gasteiger partial charge in [-0.15, -0.1) is 6.58 Å². The number of pyridine rings is 1. The minimum atomic E-state index is -1.81. The predicted molar refractivity (Wildman–Crippen MR) is 126 cm³/mol. The number of nitrogens with one attached hydrogen (secondary N) is 2. The van der Waals surface area contributed by atoms with E-state index in [1.54, 1.807) is 18.2 Å². The molecule has 182 valence electrons. The van der Waals surface area contributed by atoms with Crippen LogP contribution in [0.5, 0.6) is 0 Å². The predicted octanol–water partition coefficient (Wildman–Crippen LogP) is 1.55. The number of aromatic nitrogens is 5. The fourth-order valence-corrected chi connectivity index (χ4v) is 4.36. The third kappa shape index (κ3) is 3.36. The number of hydrazine groups is 1. The second kappa shape index (κ2) is 8.46. The summed E-state index contributed by atoms with van der Waals surface area (Å²) in [4.78, 5) is 38.4. The monoisotopic (exact) mass is 491 g/mol. The van der Waals surface area contributed by atoms with E-state index in [0.717, 1.165) is 6.20 Å². The molecule has 36 heavy (non-hydrogen) atoms. The van der Waals surface area contributed by atoms with Crippen LogP contribution in [0.3, 0.4) is 0 Å². The number of nitrogen functional groups attached to an aromatic ring is 1. The van der Waals surface area contributed by atoms with E-state index in [0.29, 0.717) is 5.56 Å². The molecule has 1 unspecified atom stereocenters. The van der Waals surface area contributed by atoms with Gasteiger partial charge < -0.3 is 11.1 Å². The SMILES string of the molecule is C=CCC1(C(=O)NN)C(=O)Nc2nc(-c3nn(Cc4ccccc4F)c4ncc(F)cc34)nc(N)c21. The standard InChI is InChI=1S/C23H19F2N9O2/c1-2-7-23(22(36)32-27)15-17(26)29-19(30-18(15)31-21(23)35)16-13-8-12(24)9-28-20(13)34(33-16)10-11-5-3-4-6-14(11)25/h2-6,8-9H,1,7,10,27H2,(H,32,36)(H3,26,29,30,31,35). The van der Waals surface area contributed by atoms with Crippen molar-refractivity contribution in [2.75, 3.05) is 11.1 Å². The van der Waals surface area contributed by atoms with Gasteiger partial charge in [0.25, 0.3) is 5.91 Å². The first-order chi connectivity index (χ1) is 17.3. The number of anilines is 2. The first kappa shape index (κ1) is 23.0. The average Bonchev–Trinajstić information content (AvgIpc) is 3.35. The highest BCUT2D eigenvalue weighted by atomic mass is 19.1. The van der Waals surface area contributed by atoms with E-state index in [9.17, 15) is 18.4 Å². The van der Waals surface area contributed by atoms with Crippen LogP contribution in [0.15, 0.2) is 49.2 Å². The van der Waals surface area contributed by atoms with E-state index in [-0.39, 0.29) is 52.7 Å². The van der Waals surface area contributed by atoms with Crippen LogP contribution in [0.4, 0.5) is 20.4 Å². The largest absolute Gasteiger partial charge is 0.383 e. The summed E-state index contributed by atoms with van der Waals surface area (Å²) < 4.78 is 29.8. The molecule has 3 aromatic heterocycles. The number of benzene rings is 1. The number of hydrogen-bond donors (Lipinski definition) is 4. The molecular weight excluding hydrogens is 472 g/mol. The fraction of sp³-hybridized carbons (Fsp3) is 0.130. The molecule has 2 amide bonds. The second-order valence-corrected chi connectivity index (χ2v) is 8.10. The van der Waals surface area contributed by atoms with Gasteiger partial charge in [0.05, 0.1) is 23.7 Å². The molecule has 0 saturated carbocycles. The lowest BCUT2D eigenvalue weighted by molar-refractivity contribution is -0.134. The fourth-order valence-electron chi connectivity index (χ4n) is 4.36. The van der Waals surface area contributed by atoms with Gasteiger partial charge in [0.2, 0.25) is 5.91 Å². The Hall–Kier alpha value is -4.78. The molecule has 1 aliphatic rings. The molecule has 0 saturated heterocycles. The molecule has 4 heterocycles. The number of carbonyl (C=O) groups is 2. The average molecular weight is 491 g/mol. The van der Waals surface area contributed by atoms with E-state index in [2.05, 4.69) is 31.9 Å². The molecular formula is C23H19F2N9O2. The topological polar surface area (TPSA) is 167 Å². The normalized spacial score (nSPS) is 16.6. The summed E-state index contributed by atoms with van der Waals surface area (Å²) in [6.07, 6.45) is 2.28. The van der Waals surface area contributed by atoms with Gasteiger partial charge >= 0.3 is 0 Å². The van der Waals surface area contributed by atoms with Crippen LogP contribution in [0, 0.1) is 11.6 Å². The van der Waals surface area contributed by atoms with Gasteiger partial charge in [0.15, 0.2) is 16.9 Å². The Balaban J connectivity index is 1.69. The zero-order valence-corrected chi connectivity index (χ0v) is 18.6. The summed E-state index contributed by atoms with van der Waals surface area (Å²) in [5, 5.41) is 7.25. The molecule has 6 N–H and O–H groups in total. The Kier molecular flexibility index (Phi) is 5.40. The summed E-state index contributed by atoms with van der Waals surface area (Å²) >= 11 is 0. The number of allylic oxidation sites excluding steroid dienone is 1. The Morgan fingerprint density at radius 1 is 1.28 bits per heavy atom. The van der Waals surface area contributed by atoms with Crippen molar-refractivity contribution >= 4 is 34.5 Å². The number of nitrogens with zero attached hydrogens (tertiary/aromatic N) is 5. The Labute approximate surface area is 202 Å². The molecule has 1 aliphatic heterocycles. The number of halogens is 2. The Morgan fingerprint density at radius 2 is 2.06 bits per heavy atom. The van der Waals surface area contributed by atoms with Gasteiger partial charge in [0.1, 0.15) is 29.0 Å². The zero-order valence-electron chi connectivity index (χ0n) is 18.6. The third-order valence-corrected chi connectivity index (χ3v) is 6.00. The van der Waals surface area contributed by atoms with Crippen LogP contribution in [0.25, 0.3) is 22.6 Å². The molecule has 0 bridgehead atoms. The van der Waals surface area contributed by atoms with Crippen molar-refractivity contribution in [1.29, 1.82) is 0 Å². The summed E-state index contributed by atoms with van der Waals surface area (Å²) in [5.74, 6) is 2.48. The number of carbonyl (C=O) groups excluding carboxylic acids is 2. The highest BCUT2D eigenvalue weighted by molar-refractivity contribution is 6.21. The van der Waals surface area contributed by atoms with Crippen molar-refractivity contribution in [3.63, 3.8) is 0 Å². The smallest absolute Gasteiger partial charge is 0.254 e. The number of nitrogens with two attached hydrogens (primary N) is 2. The van der Waals surface area contributed by atoms with Crippen LogP contribution in [-0.2, 0) is 21.5 Å². The van der Waals surface area contributed by atoms with Crippen LogP contribution in [-0.4, -0.2) is 36.5 Å². The molecule has 0 radical (unpaired) electrons. The van der Waals surface area contributed by atoms with Gasteiger partial charge in [-0.25, -0.2) is 34.3 Å². The molecule has 4 aromatic rings. The van der Waals surface area contributed by atoms with Crippen molar-refractivity contribution in [2.45, 2.75) is 18.4 Å². The highest BCUT2D eigenvalue weighted by Crippen LogP contribution is 2.43. The molecule has 0 fully saturated rings. The van der Waals surface area contributed by atoms with Gasteiger partial charge in [-0.3, -0.25) is 15.0 Å². The summed E-state index contributed by atoms with van der Waals surface area (Å²) in [7, 11) is 0. The lowest BCUT2D eigenvalue weighted by Gasteiger charge is -2.24. The molecule has 0 spiro atoms. The van der Waals surface area contributed by atoms with Crippen molar-refractivity contribution < 1.29 is 18.4 Å². The number of amides is 2. The van der Waals surface area contributed by atoms with Gasteiger partial charge in [-0.1, -0.05) is 24.3 Å². The number of hydrogen-bond acceptors (Lipinski definition) is 8. The Bertz CT molecular complexity index is 1570. The lowest BCUT2D eigenvalue weighted by atomic mass is 9.78. The molecule has 1 atom stereocenters. The maximum absolute atomic E-state index is 14.3. The van der Waals surface area contributed by atoms with Crippen LogP contribution in [0.2, 0.25) is 0 Å². The zero-order chi connectivity index (χ0) is 25.6. The first-order valence-electron chi connectivity index (χ1n) is 10.7. The molecule has 13 heteroatoms. The lowest BCUT2D eigenvalue weighted by Crippen LogP contribution is -2.51. The van der Waals surface area contributed by atoms with Crippen molar-refractivity contribution in [3.05, 3.63) is 71.9 Å². The number of fused-ring (bicyclic) bond motifs is 2. The quantitative estimate of drug-likeness (QED) is 0.104. The third-order valence-electron chi connectivity index (χ3n) is 6.00. The van der Waals surface area contributed by atoms with E-state index in [1.807, 2.05) is 5.43 Å². The first-order valence-corrected chi connectivity index (χ1v) is 10.7.